The van der Waals surface area contributed by atoms with Crippen LogP contribution in [0.2, 0.25) is 0 Å². The van der Waals surface area contributed by atoms with E-state index >= 15 is 0 Å². The minimum Gasteiger partial charge on any atom is -0.504 e. The Morgan fingerprint density at radius 3 is 1.90 bits per heavy atom. The molecule has 0 aromatic heterocycles. The molecule has 0 unspecified atom stereocenters. The topological polar surface area (TPSA) is 113 Å². The van der Waals surface area contributed by atoms with Gasteiger partial charge in [-0.3, -0.25) is 9.59 Å². The molecule has 10 heteroatoms. The van der Waals surface area contributed by atoms with Gasteiger partial charge in [-0.1, -0.05) is 20.8 Å². The van der Waals surface area contributed by atoms with Crippen molar-refractivity contribution >= 4 is 17.7 Å². The summed E-state index contributed by atoms with van der Waals surface area (Å²) in [6.45, 7) is 11.9. The van der Waals surface area contributed by atoms with E-state index < -0.39 is 18.1 Å². The second-order valence-corrected chi connectivity index (χ2v) is 8.72. The highest BCUT2D eigenvalue weighted by atomic mass is 19.4. The van der Waals surface area contributed by atoms with Gasteiger partial charge in [0.15, 0.2) is 17.3 Å². The zero-order valence-electron chi connectivity index (χ0n) is 17.8. The van der Waals surface area contributed by atoms with Gasteiger partial charge in [0.05, 0.1) is 13.0 Å². The number of aromatic hydroxyl groups is 1. The van der Waals surface area contributed by atoms with E-state index in [1.807, 2.05) is 41.5 Å². The maximum absolute atomic E-state index is 12.1. The quantitative estimate of drug-likeness (QED) is 0.365. The summed E-state index contributed by atoms with van der Waals surface area (Å²) in [5.41, 5.74) is 0.0105. The smallest absolute Gasteiger partial charge is 0.490 e. The molecular weight excluding hydrogens is 407 g/mol. The molecule has 1 aromatic rings. The van der Waals surface area contributed by atoms with Crippen LogP contribution >= 0.6 is 0 Å². The number of hydrogen-bond donors (Lipinski definition) is 3. The highest BCUT2D eigenvalue weighted by molar-refractivity contribution is 5.98. The maximum Gasteiger partial charge on any atom is 0.490 e. The molecule has 3 N–H and O–H groups in total. The molecule has 0 aliphatic carbocycles. The fourth-order valence-electron chi connectivity index (χ4n) is 1.82. The van der Waals surface area contributed by atoms with Gasteiger partial charge in [0.1, 0.15) is 0 Å². The summed E-state index contributed by atoms with van der Waals surface area (Å²) in [6.07, 6.45) is -4.84. The normalized spacial score (nSPS) is 11.9. The Bertz CT molecular complexity index is 761. The predicted molar refractivity (Wildman–Crippen MR) is 104 cm³/mol. The third-order valence-corrected chi connectivity index (χ3v) is 3.20. The van der Waals surface area contributed by atoms with E-state index in [0.29, 0.717) is 5.56 Å². The van der Waals surface area contributed by atoms with Crippen LogP contribution in [0.5, 0.6) is 11.5 Å². The van der Waals surface area contributed by atoms with Crippen LogP contribution in [0.4, 0.5) is 13.2 Å². The molecule has 0 radical (unpaired) electrons. The van der Waals surface area contributed by atoms with E-state index in [2.05, 4.69) is 5.32 Å². The van der Waals surface area contributed by atoms with Crippen molar-refractivity contribution in [2.45, 2.75) is 59.7 Å². The highest BCUT2D eigenvalue weighted by Gasteiger charge is 2.38. The molecule has 1 rings (SSSR count). The van der Waals surface area contributed by atoms with Crippen molar-refractivity contribution in [2.24, 2.45) is 5.41 Å². The first-order chi connectivity index (χ1) is 13.3. The lowest BCUT2D eigenvalue weighted by atomic mass is 9.92. The van der Waals surface area contributed by atoms with Gasteiger partial charge in [-0.05, 0) is 44.4 Å². The lowest BCUT2D eigenvalue weighted by molar-refractivity contribution is -0.192. The highest BCUT2D eigenvalue weighted by Crippen LogP contribution is 2.29. The summed E-state index contributed by atoms with van der Waals surface area (Å²) in [7, 11) is 0. The average Bonchev–Trinajstić information content (AvgIpc) is 2.51. The van der Waals surface area contributed by atoms with E-state index in [1.165, 1.54) is 12.1 Å². The number of carboxylic acid groups (broad SMARTS) is 1. The van der Waals surface area contributed by atoms with Gasteiger partial charge in [0, 0.05) is 11.1 Å². The van der Waals surface area contributed by atoms with Gasteiger partial charge in [0.2, 0.25) is 0 Å². The Kier molecular flexibility index (Phi) is 9.51. The van der Waals surface area contributed by atoms with Gasteiger partial charge >= 0.3 is 18.1 Å². The first kappa shape index (κ1) is 27.4. The summed E-state index contributed by atoms with van der Waals surface area (Å²) in [5.74, 6) is -3.45. The number of hydrogen-bond acceptors (Lipinski definition) is 6. The summed E-state index contributed by atoms with van der Waals surface area (Å²) >= 11 is 0. The second-order valence-electron chi connectivity index (χ2n) is 8.72. The van der Waals surface area contributed by atoms with Crippen molar-refractivity contribution in [1.29, 1.82) is 0 Å². The number of aliphatic carboxylic acids is 1. The third-order valence-electron chi connectivity index (χ3n) is 3.20. The van der Waals surface area contributed by atoms with Gasteiger partial charge in [-0.25, -0.2) is 4.79 Å². The number of carbonyl (C=O) groups excluding carboxylic acids is 2. The molecule has 0 saturated carbocycles. The Hall–Kier alpha value is -2.62. The minimum absolute atomic E-state index is 0.0691. The van der Waals surface area contributed by atoms with Crippen molar-refractivity contribution in [3.05, 3.63) is 23.8 Å². The molecule has 1 aromatic carbocycles. The van der Waals surface area contributed by atoms with E-state index in [0.717, 1.165) is 0 Å². The van der Waals surface area contributed by atoms with Crippen molar-refractivity contribution in [1.82, 2.24) is 5.32 Å². The van der Waals surface area contributed by atoms with Crippen LogP contribution in [-0.4, -0.2) is 46.2 Å². The van der Waals surface area contributed by atoms with Crippen molar-refractivity contribution in [3.63, 3.8) is 0 Å². The summed E-state index contributed by atoms with van der Waals surface area (Å²) < 4.78 is 36.9. The molecule has 0 aliphatic heterocycles. The van der Waals surface area contributed by atoms with Crippen LogP contribution in [0, 0.1) is 5.41 Å². The lowest BCUT2D eigenvalue weighted by Crippen LogP contribution is -2.39. The molecular formula is C20H28F3NO6. The van der Waals surface area contributed by atoms with E-state index in [9.17, 15) is 27.9 Å². The Balaban J connectivity index is 0.00000103. The number of ketones is 1. The fourth-order valence-corrected chi connectivity index (χ4v) is 1.82. The first-order valence-electron chi connectivity index (χ1n) is 8.94. The van der Waals surface area contributed by atoms with E-state index in [4.69, 9.17) is 14.6 Å². The number of rotatable bonds is 5. The number of phenolic OH excluding ortho intramolecular Hbond substituents is 1. The molecule has 0 heterocycles. The van der Waals surface area contributed by atoms with Crippen molar-refractivity contribution in [2.75, 3.05) is 6.54 Å². The number of esters is 1. The zero-order valence-corrected chi connectivity index (χ0v) is 17.8. The molecule has 170 valence electrons. The van der Waals surface area contributed by atoms with Crippen LogP contribution in [0.15, 0.2) is 18.2 Å². The summed E-state index contributed by atoms with van der Waals surface area (Å²) in [6, 6.07) is 4.32. The predicted octanol–water partition coefficient (Wildman–Crippen LogP) is 3.94. The molecule has 0 saturated heterocycles. The maximum atomic E-state index is 12.1. The van der Waals surface area contributed by atoms with E-state index in [-0.39, 0.29) is 41.2 Å². The fraction of sp³-hybridized carbons (Fsp3) is 0.550. The van der Waals surface area contributed by atoms with Crippen LogP contribution in [-0.2, 0) is 9.59 Å². The minimum atomic E-state index is -5.08. The SMILES string of the molecule is CC(C)(C)CC(=O)Oc1ccc(C(=O)CNC(C)(C)C)cc1O.O=C(O)C(F)(F)F. The number of phenols is 1. The third kappa shape index (κ3) is 12.1. The van der Waals surface area contributed by atoms with Gasteiger partial charge in [-0.15, -0.1) is 0 Å². The molecule has 0 bridgehead atoms. The van der Waals surface area contributed by atoms with Crippen LogP contribution in [0.1, 0.15) is 58.3 Å². The number of benzene rings is 1. The molecule has 7 nitrogen and oxygen atoms in total. The standard InChI is InChI=1S/C18H27NO4.C2HF3O2/c1-17(2,3)10-16(22)23-15-8-7-12(9-13(15)20)14(21)11-19-18(4,5)6;3-2(4,5)1(6)7/h7-9,19-20H,10-11H2,1-6H3;(H,6,7). The zero-order chi connectivity index (χ0) is 23.9. The molecule has 0 spiro atoms. The van der Waals surface area contributed by atoms with Crippen LogP contribution in [0.3, 0.4) is 0 Å². The lowest BCUT2D eigenvalue weighted by Gasteiger charge is -2.20. The van der Waals surface area contributed by atoms with Gasteiger partial charge in [0.25, 0.3) is 0 Å². The number of carbonyl (C=O) groups is 3. The number of ether oxygens (including phenoxy) is 1. The number of Topliss-reactive ketones (excluding diaryl/α,β-unsaturated/α-hetero) is 1. The first-order valence-corrected chi connectivity index (χ1v) is 8.94. The molecule has 30 heavy (non-hydrogen) atoms. The largest absolute Gasteiger partial charge is 0.504 e. The molecule has 0 aliphatic rings. The van der Waals surface area contributed by atoms with Crippen LogP contribution in [0.25, 0.3) is 0 Å². The molecule has 0 atom stereocenters. The Morgan fingerprint density at radius 1 is 1.03 bits per heavy atom. The monoisotopic (exact) mass is 435 g/mol. The summed E-state index contributed by atoms with van der Waals surface area (Å²) in [4.78, 5) is 32.8. The summed E-state index contributed by atoms with van der Waals surface area (Å²) in [5, 5.41) is 20.2. The number of carboxylic acids is 1. The van der Waals surface area contributed by atoms with Gasteiger partial charge < -0.3 is 20.3 Å². The Morgan fingerprint density at radius 2 is 1.53 bits per heavy atom. The van der Waals surface area contributed by atoms with Crippen LogP contribution < -0.4 is 10.1 Å². The average molecular weight is 435 g/mol. The number of halogens is 3. The Labute approximate surface area is 173 Å². The number of alkyl halides is 3. The molecule has 0 amide bonds. The molecule has 0 fully saturated rings. The van der Waals surface area contributed by atoms with Crippen molar-refractivity contribution < 1.29 is 42.5 Å². The second kappa shape index (κ2) is 10.4. The van der Waals surface area contributed by atoms with E-state index in [1.54, 1.807) is 6.07 Å². The van der Waals surface area contributed by atoms with Crippen molar-refractivity contribution in [3.8, 4) is 11.5 Å². The number of nitrogens with one attached hydrogen (secondary N) is 1. The van der Waals surface area contributed by atoms with Gasteiger partial charge in [-0.2, -0.15) is 13.2 Å².